The van der Waals surface area contributed by atoms with Crippen molar-refractivity contribution >= 4 is 17.7 Å². The fourth-order valence-corrected chi connectivity index (χ4v) is 3.56. The molecule has 0 aromatic carbocycles. The molecular formula is C12H22N2OS. The number of piperidine rings is 1. The van der Waals surface area contributed by atoms with Gasteiger partial charge in [-0.25, -0.2) is 0 Å². The second-order valence-corrected chi connectivity index (χ2v) is 6.06. The zero-order valence-corrected chi connectivity index (χ0v) is 10.9. The van der Waals surface area contributed by atoms with Crippen molar-refractivity contribution in [3.05, 3.63) is 0 Å². The van der Waals surface area contributed by atoms with Crippen molar-refractivity contribution in [1.29, 1.82) is 0 Å². The topological polar surface area (TPSA) is 32.3 Å². The van der Waals surface area contributed by atoms with E-state index in [9.17, 15) is 4.79 Å². The summed E-state index contributed by atoms with van der Waals surface area (Å²) in [6, 6.07) is 0.438. The van der Waals surface area contributed by atoms with E-state index in [0.29, 0.717) is 17.9 Å². The van der Waals surface area contributed by atoms with Crippen LogP contribution in [0.3, 0.4) is 0 Å². The molecule has 2 heterocycles. The summed E-state index contributed by atoms with van der Waals surface area (Å²) in [5.74, 6) is 3.23. The Balaban J connectivity index is 1.81. The Kier molecular flexibility index (Phi) is 4.53. The second-order valence-electron chi connectivity index (χ2n) is 4.91. The van der Waals surface area contributed by atoms with E-state index < -0.39 is 0 Å². The quantitative estimate of drug-likeness (QED) is 0.793. The number of thioether (sulfide) groups is 1. The van der Waals surface area contributed by atoms with E-state index in [4.69, 9.17) is 0 Å². The van der Waals surface area contributed by atoms with E-state index in [1.807, 2.05) is 11.8 Å². The van der Waals surface area contributed by atoms with Gasteiger partial charge in [0.15, 0.2) is 0 Å². The first-order chi connectivity index (χ1) is 7.77. The largest absolute Gasteiger partial charge is 0.338 e. The minimum Gasteiger partial charge on any atom is -0.338 e. The summed E-state index contributed by atoms with van der Waals surface area (Å²) >= 11 is 1.97. The van der Waals surface area contributed by atoms with Gasteiger partial charge in [-0.05, 0) is 38.8 Å². The molecule has 2 rings (SSSR count). The summed E-state index contributed by atoms with van der Waals surface area (Å²) in [6.07, 6.45) is 3.11. The van der Waals surface area contributed by atoms with Crippen LogP contribution in [0.2, 0.25) is 0 Å². The van der Waals surface area contributed by atoms with Crippen LogP contribution in [0.4, 0.5) is 0 Å². The molecule has 0 spiro atoms. The predicted molar refractivity (Wildman–Crippen MR) is 68.7 cm³/mol. The molecule has 0 aromatic rings. The number of amides is 1. The Labute approximate surface area is 102 Å². The van der Waals surface area contributed by atoms with Crippen molar-refractivity contribution in [1.82, 2.24) is 10.2 Å². The van der Waals surface area contributed by atoms with Crippen molar-refractivity contribution in [2.24, 2.45) is 5.92 Å². The standard InChI is InChI=1S/C12H22N2OS/c1-10-9-16-7-6-14(10)12(15)8-11-2-4-13-5-3-11/h10-11,13H,2-9H2,1H3. The lowest BCUT2D eigenvalue weighted by atomic mass is 9.94. The molecule has 1 unspecified atom stereocenters. The van der Waals surface area contributed by atoms with E-state index in [-0.39, 0.29) is 0 Å². The van der Waals surface area contributed by atoms with Crippen molar-refractivity contribution < 1.29 is 4.79 Å². The highest BCUT2D eigenvalue weighted by Gasteiger charge is 2.26. The molecule has 1 amide bonds. The molecule has 1 N–H and O–H groups in total. The van der Waals surface area contributed by atoms with Gasteiger partial charge in [-0.3, -0.25) is 4.79 Å². The van der Waals surface area contributed by atoms with Crippen LogP contribution in [0, 0.1) is 5.92 Å². The highest BCUT2D eigenvalue weighted by molar-refractivity contribution is 7.99. The average molecular weight is 242 g/mol. The van der Waals surface area contributed by atoms with Crippen molar-refractivity contribution in [2.75, 3.05) is 31.1 Å². The van der Waals surface area contributed by atoms with Crippen molar-refractivity contribution in [2.45, 2.75) is 32.2 Å². The normalized spacial score (nSPS) is 28.1. The predicted octanol–water partition coefficient (Wildman–Crippen LogP) is 1.34. The molecule has 4 heteroatoms. The van der Waals surface area contributed by atoms with Gasteiger partial charge in [-0.15, -0.1) is 0 Å². The average Bonchev–Trinajstić information content (AvgIpc) is 2.31. The Morgan fingerprint density at radius 1 is 1.44 bits per heavy atom. The van der Waals surface area contributed by atoms with Crippen LogP contribution in [-0.2, 0) is 4.79 Å². The zero-order chi connectivity index (χ0) is 11.4. The van der Waals surface area contributed by atoms with Crippen LogP contribution in [0.15, 0.2) is 0 Å². The van der Waals surface area contributed by atoms with Crippen LogP contribution in [0.5, 0.6) is 0 Å². The molecule has 2 aliphatic rings. The molecule has 2 aliphatic heterocycles. The maximum absolute atomic E-state index is 12.2. The van der Waals surface area contributed by atoms with E-state index in [1.54, 1.807) is 0 Å². The first-order valence-corrected chi connectivity index (χ1v) is 7.51. The van der Waals surface area contributed by atoms with Gasteiger partial charge in [0.1, 0.15) is 0 Å². The fraction of sp³-hybridized carbons (Fsp3) is 0.917. The van der Waals surface area contributed by atoms with E-state index in [2.05, 4.69) is 17.1 Å². The van der Waals surface area contributed by atoms with E-state index in [0.717, 1.165) is 37.6 Å². The van der Waals surface area contributed by atoms with Crippen LogP contribution in [0.25, 0.3) is 0 Å². The van der Waals surface area contributed by atoms with Gasteiger partial charge in [0.25, 0.3) is 0 Å². The van der Waals surface area contributed by atoms with Gasteiger partial charge in [-0.2, -0.15) is 11.8 Å². The lowest BCUT2D eigenvalue weighted by Crippen LogP contribution is -2.45. The summed E-state index contributed by atoms with van der Waals surface area (Å²) < 4.78 is 0. The van der Waals surface area contributed by atoms with E-state index >= 15 is 0 Å². The highest BCUT2D eigenvalue weighted by atomic mass is 32.2. The number of hydrogen-bond donors (Lipinski definition) is 1. The molecule has 0 aliphatic carbocycles. The highest BCUT2D eigenvalue weighted by Crippen LogP contribution is 2.21. The Morgan fingerprint density at radius 2 is 2.19 bits per heavy atom. The first-order valence-electron chi connectivity index (χ1n) is 6.35. The summed E-state index contributed by atoms with van der Waals surface area (Å²) in [7, 11) is 0. The molecule has 0 saturated carbocycles. The minimum absolute atomic E-state index is 0.389. The lowest BCUT2D eigenvalue weighted by Gasteiger charge is -2.34. The van der Waals surface area contributed by atoms with Crippen LogP contribution >= 0.6 is 11.8 Å². The smallest absolute Gasteiger partial charge is 0.223 e. The number of hydrogen-bond acceptors (Lipinski definition) is 3. The summed E-state index contributed by atoms with van der Waals surface area (Å²) in [6.45, 7) is 5.30. The Hall–Kier alpha value is -0.220. The van der Waals surface area contributed by atoms with Gasteiger partial charge in [0.2, 0.25) is 5.91 Å². The number of rotatable bonds is 2. The number of nitrogens with one attached hydrogen (secondary N) is 1. The molecule has 92 valence electrons. The molecule has 0 aromatic heterocycles. The third-order valence-corrected chi connectivity index (χ3v) is 4.80. The molecule has 3 nitrogen and oxygen atoms in total. The SMILES string of the molecule is CC1CSCCN1C(=O)CC1CCNCC1. The van der Waals surface area contributed by atoms with Gasteiger partial charge < -0.3 is 10.2 Å². The molecule has 2 fully saturated rings. The zero-order valence-electron chi connectivity index (χ0n) is 10.1. The van der Waals surface area contributed by atoms with Crippen LogP contribution in [-0.4, -0.2) is 48.0 Å². The van der Waals surface area contributed by atoms with Crippen molar-refractivity contribution in [3.63, 3.8) is 0 Å². The molecule has 0 bridgehead atoms. The van der Waals surface area contributed by atoms with Gasteiger partial charge in [0, 0.05) is 30.5 Å². The minimum atomic E-state index is 0.389. The van der Waals surface area contributed by atoms with Crippen LogP contribution in [0.1, 0.15) is 26.2 Å². The lowest BCUT2D eigenvalue weighted by molar-refractivity contribution is -0.133. The van der Waals surface area contributed by atoms with Gasteiger partial charge in [0.05, 0.1) is 0 Å². The third kappa shape index (κ3) is 3.14. The first kappa shape index (κ1) is 12.2. The Morgan fingerprint density at radius 3 is 2.88 bits per heavy atom. The maximum Gasteiger partial charge on any atom is 0.223 e. The number of carbonyl (C=O) groups is 1. The van der Waals surface area contributed by atoms with Gasteiger partial charge in [-0.1, -0.05) is 0 Å². The number of carbonyl (C=O) groups excluding carboxylic acids is 1. The fourth-order valence-electron chi connectivity index (χ4n) is 2.55. The summed E-state index contributed by atoms with van der Waals surface area (Å²) in [5, 5.41) is 3.35. The number of nitrogens with zero attached hydrogens (tertiary/aromatic N) is 1. The molecule has 1 atom stereocenters. The summed E-state index contributed by atoms with van der Waals surface area (Å²) in [5.41, 5.74) is 0. The Bertz CT molecular complexity index is 241. The molecule has 2 saturated heterocycles. The van der Waals surface area contributed by atoms with Crippen molar-refractivity contribution in [3.8, 4) is 0 Å². The molecule has 16 heavy (non-hydrogen) atoms. The third-order valence-electron chi connectivity index (χ3n) is 3.61. The van der Waals surface area contributed by atoms with Gasteiger partial charge >= 0.3 is 0 Å². The van der Waals surface area contributed by atoms with Crippen LogP contribution < -0.4 is 5.32 Å². The molecular weight excluding hydrogens is 220 g/mol. The second kappa shape index (κ2) is 5.92. The maximum atomic E-state index is 12.2. The van der Waals surface area contributed by atoms with E-state index in [1.165, 1.54) is 12.8 Å². The monoisotopic (exact) mass is 242 g/mol. The molecule has 0 radical (unpaired) electrons. The summed E-state index contributed by atoms with van der Waals surface area (Å²) in [4.78, 5) is 14.3.